The molecule has 2 aliphatic carbocycles. The van der Waals surface area contributed by atoms with Gasteiger partial charge in [0.25, 0.3) is 0 Å². The van der Waals surface area contributed by atoms with Crippen LogP contribution in [-0.2, 0) is 10.8 Å². The Kier molecular flexibility index (Phi) is 7.17. The zero-order valence-corrected chi connectivity index (χ0v) is 31.6. The molecular weight excluding hydrogens is 651 g/mol. The Balaban J connectivity index is 1.25. The van der Waals surface area contributed by atoms with Gasteiger partial charge in [0.05, 0.1) is 5.69 Å². The van der Waals surface area contributed by atoms with Crippen LogP contribution in [0.1, 0.15) is 55.5 Å². The van der Waals surface area contributed by atoms with Crippen LogP contribution >= 0.6 is 0 Å². The summed E-state index contributed by atoms with van der Waals surface area (Å²) >= 11 is 0. The third kappa shape index (κ3) is 4.78. The summed E-state index contributed by atoms with van der Waals surface area (Å²) < 4.78 is 0. The second-order valence-electron chi connectivity index (χ2n) is 16.2. The maximum Gasteiger partial charge on any atom is 0.0569 e. The molecule has 1 nitrogen and oxygen atoms in total. The van der Waals surface area contributed by atoms with E-state index in [4.69, 9.17) is 0 Å². The van der Waals surface area contributed by atoms with Crippen LogP contribution in [0.4, 0.5) is 17.1 Å². The summed E-state index contributed by atoms with van der Waals surface area (Å²) in [6.45, 7) is 11.8. The van der Waals surface area contributed by atoms with Gasteiger partial charge in [-0.3, -0.25) is 0 Å². The summed E-state index contributed by atoms with van der Waals surface area (Å²) in [6.07, 6.45) is 0. The van der Waals surface area contributed by atoms with Gasteiger partial charge in [-0.25, -0.2) is 0 Å². The van der Waals surface area contributed by atoms with E-state index >= 15 is 0 Å². The third-order valence-electron chi connectivity index (χ3n) is 12.4. The molecule has 0 heterocycles. The second-order valence-corrected chi connectivity index (χ2v) is 16.2. The Morgan fingerprint density at radius 2 is 0.870 bits per heavy atom. The molecule has 260 valence electrons. The fourth-order valence-electron chi connectivity index (χ4n) is 9.62. The van der Waals surface area contributed by atoms with Gasteiger partial charge in [-0.05, 0) is 121 Å². The maximum absolute atomic E-state index is 2.54. The first kappa shape index (κ1) is 32.5. The molecule has 0 atom stereocenters. The minimum Gasteiger partial charge on any atom is -0.310 e. The van der Waals surface area contributed by atoms with Crippen LogP contribution in [0.5, 0.6) is 0 Å². The van der Waals surface area contributed by atoms with Crippen molar-refractivity contribution in [1.82, 2.24) is 0 Å². The molecule has 0 spiro atoms. The molecule has 0 saturated heterocycles. The highest BCUT2D eigenvalue weighted by Gasteiger charge is 2.38. The molecular formula is C53H43N. The van der Waals surface area contributed by atoms with Crippen LogP contribution in [0.2, 0.25) is 0 Å². The smallest absolute Gasteiger partial charge is 0.0569 e. The molecule has 8 aromatic rings. The van der Waals surface area contributed by atoms with Crippen molar-refractivity contribution in [3.8, 4) is 44.5 Å². The molecule has 10 rings (SSSR count). The van der Waals surface area contributed by atoms with Gasteiger partial charge in [0.1, 0.15) is 0 Å². The van der Waals surface area contributed by atoms with Crippen LogP contribution in [0, 0.1) is 6.92 Å². The third-order valence-corrected chi connectivity index (χ3v) is 12.4. The molecule has 0 radical (unpaired) electrons. The van der Waals surface area contributed by atoms with Crippen molar-refractivity contribution < 1.29 is 0 Å². The van der Waals surface area contributed by atoms with E-state index in [2.05, 4.69) is 209 Å². The highest BCUT2D eigenvalue weighted by molar-refractivity contribution is 6.00. The molecule has 0 aromatic heterocycles. The maximum atomic E-state index is 2.54. The largest absolute Gasteiger partial charge is 0.310 e. The van der Waals surface area contributed by atoms with Crippen LogP contribution in [0.3, 0.4) is 0 Å². The van der Waals surface area contributed by atoms with Crippen LogP contribution in [0.15, 0.2) is 170 Å². The summed E-state index contributed by atoms with van der Waals surface area (Å²) in [5, 5.41) is 2.52. The van der Waals surface area contributed by atoms with E-state index < -0.39 is 0 Å². The summed E-state index contributed by atoms with van der Waals surface area (Å²) in [4.78, 5) is 2.54. The minimum absolute atomic E-state index is 0.120. The van der Waals surface area contributed by atoms with E-state index in [-0.39, 0.29) is 10.8 Å². The molecule has 0 fully saturated rings. The number of hydrogen-bond donors (Lipinski definition) is 0. The number of anilines is 3. The highest BCUT2D eigenvalue weighted by atomic mass is 15.1. The van der Waals surface area contributed by atoms with Crippen LogP contribution in [0.25, 0.3) is 55.3 Å². The van der Waals surface area contributed by atoms with Gasteiger partial charge in [-0.15, -0.1) is 0 Å². The molecule has 0 N–H and O–H groups in total. The average molecular weight is 694 g/mol. The van der Waals surface area contributed by atoms with Crippen LogP contribution < -0.4 is 4.90 Å². The molecule has 54 heavy (non-hydrogen) atoms. The van der Waals surface area contributed by atoms with Crippen LogP contribution in [-0.4, -0.2) is 0 Å². The number of aryl methyl sites for hydroxylation is 1. The predicted molar refractivity (Wildman–Crippen MR) is 229 cm³/mol. The predicted octanol–water partition coefficient (Wildman–Crippen LogP) is 14.6. The topological polar surface area (TPSA) is 3.24 Å². The van der Waals surface area contributed by atoms with E-state index in [9.17, 15) is 0 Å². The molecule has 2 aliphatic rings. The summed E-state index contributed by atoms with van der Waals surface area (Å²) in [5.41, 5.74) is 20.3. The SMILES string of the molecule is Cc1cc(-c2cccc3ccccc23)cc(-c2ccccc2)c1N(c1ccc2c(c1)C(C)(C)c1ccccc1-2)c1ccc2c(c1)C(C)(C)c1ccccc1-2. The lowest BCUT2D eigenvalue weighted by atomic mass is 9.82. The van der Waals surface area contributed by atoms with E-state index in [0.29, 0.717) is 0 Å². The summed E-state index contributed by atoms with van der Waals surface area (Å²) in [7, 11) is 0. The van der Waals surface area contributed by atoms with Crippen molar-refractivity contribution in [2.75, 3.05) is 4.90 Å². The molecule has 0 saturated carbocycles. The lowest BCUT2D eigenvalue weighted by molar-refractivity contribution is 0.660. The van der Waals surface area contributed by atoms with Gasteiger partial charge in [0.2, 0.25) is 0 Å². The zero-order chi connectivity index (χ0) is 36.8. The molecule has 0 bridgehead atoms. The van der Waals surface area contributed by atoms with Crippen molar-refractivity contribution in [3.63, 3.8) is 0 Å². The first-order valence-electron chi connectivity index (χ1n) is 19.2. The quantitative estimate of drug-likeness (QED) is 0.173. The van der Waals surface area contributed by atoms with Crippen molar-refractivity contribution in [1.29, 1.82) is 0 Å². The Labute approximate surface area is 319 Å². The van der Waals surface area contributed by atoms with Gasteiger partial charge in [0, 0.05) is 27.8 Å². The summed E-state index contributed by atoms with van der Waals surface area (Å²) in [6, 6.07) is 63.4. The molecule has 8 aromatic carbocycles. The number of nitrogens with zero attached hydrogens (tertiary/aromatic N) is 1. The standard InChI is InChI=1S/C53H43N/c1-34-30-37(41-23-15-19-35-18-9-10-20-40(35)41)31-46(36-16-7-6-8-17-36)51(34)54(38-26-28-44-42-21-11-13-24-47(42)52(2,3)49(44)32-38)39-27-29-45-43-22-12-14-25-48(43)53(4,5)50(45)33-39/h6-33H,1-5H3. The van der Waals surface area contributed by atoms with Crippen molar-refractivity contribution in [3.05, 3.63) is 198 Å². The van der Waals surface area contributed by atoms with E-state index in [0.717, 1.165) is 0 Å². The lowest BCUT2D eigenvalue weighted by Crippen LogP contribution is -2.18. The van der Waals surface area contributed by atoms with Gasteiger partial charge >= 0.3 is 0 Å². The Bertz CT molecular complexity index is 2670. The molecule has 0 amide bonds. The van der Waals surface area contributed by atoms with E-state index in [1.807, 2.05) is 0 Å². The van der Waals surface area contributed by atoms with Gasteiger partial charge < -0.3 is 4.90 Å². The first-order valence-corrected chi connectivity index (χ1v) is 19.2. The molecule has 1 heteroatoms. The van der Waals surface area contributed by atoms with E-state index in [1.54, 1.807) is 0 Å². The first-order chi connectivity index (χ1) is 26.2. The number of fused-ring (bicyclic) bond motifs is 7. The average Bonchev–Trinajstić information content (AvgIpc) is 3.57. The second kappa shape index (κ2) is 11.9. The van der Waals surface area contributed by atoms with Gasteiger partial charge in [-0.1, -0.05) is 161 Å². The fourth-order valence-corrected chi connectivity index (χ4v) is 9.62. The normalized spacial score (nSPS) is 14.3. The number of hydrogen-bond acceptors (Lipinski definition) is 1. The van der Waals surface area contributed by atoms with Crippen molar-refractivity contribution in [2.45, 2.75) is 45.4 Å². The minimum atomic E-state index is -0.120. The molecule has 0 unspecified atom stereocenters. The number of rotatable bonds is 5. The van der Waals surface area contributed by atoms with Crippen molar-refractivity contribution in [2.24, 2.45) is 0 Å². The van der Waals surface area contributed by atoms with Gasteiger partial charge in [0.15, 0.2) is 0 Å². The van der Waals surface area contributed by atoms with E-state index in [1.165, 1.54) is 100 Å². The summed E-state index contributed by atoms with van der Waals surface area (Å²) in [5.74, 6) is 0. The zero-order valence-electron chi connectivity index (χ0n) is 31.6. The molecule has 0 aliphatic heterocycles. The number of benzene rings is 8. The monoisotopic (exact) mass is 693 g/mol. The lowest BCUT2D eigenvalue weighted by Gasteiger charge is -2.32. The highest BCUT2D eigenvalue weighted by Crippen LogP contribution is 2.54. The van der Waals surface area contributed by atoms with Gasteiger partial charge in [-0.2, -0.15) is 0 Å². The Morgan fingerprint density at radius 1 is 0.370 bits per heavy atom. The van der Waals surface area contributed by atoms with Crippen molar-refractivity contribution >= 4 is 27.8 Å². The Hall–Kier alpha value is -6.18. The fraction of sp³-hybridized carbons (Fsp3) is 0.132. The Morgan fingerprint density at radius 3 is 1.50 bits per heavy atom.